The maximum absolute atomic E-state index is 13.5. The molecule has 6 nitrogen and oxygen atoms in total. The predicted molar refractivity (Wildman–Crippen MR) is 168 cm³/mol. The third kappa shape index (κ3) is 6.93. The van der Waals surface area contributed by atoms with Gasteiger partial charge in [0.25, 0.3) is 5.91 Å². The first kappa shape index (κ1) is 28.7. The Morgan fingerprint density at radius 2 is 1.71 bits per heavy atom. The molecule has 8 heteroatoms. The number of aliphatic imine (C=N–C) groups is 1. The fourth-order valence-electron chi connectivity index (χ4n) is 4.68. The molecule has 0 bridgehead atoms. The molecule has 0 N–H and O–H groups in total. The van der Waals surface area contributed by atoms with E-state index in [1.807, 2.05) is 84.9 Å². The second kappa shape index (κ2) is 13.3. The summed E-state index contributed by atoms with van der Waals surface area (Å²) in [5, 5.41) is 1.40. The number of amidine groups is 1. The first-order valence-electron chi connectivity index (χ1n) is 13.4. The van der Waals surface area contributed by atoms with E-state index in [0.29, 0.717) is 34.9 Å². The smallest absolute Gasteiger partial charge is 0.266 e. The number of para-hydroxylation sites is 1. The van der Waals surface area contributed by atoms with Crippen molar-refractivity contribution in [3.63, 3.8) is 0 Å². The van der Waals surface area contributed by atoms with Crippen LogP contribution in [0.5, 0.6) is 5.75 Å². The lowest BCUT2D eigenvalue weighted by molar-refractivity contribution is -0.122. The molecule has 0 radical (unpaired) electrons. The second-order valence-electron chi connectivity index (χ2n) is 9.71. The molecule has 210 valence electrons. The first-order valence-corrected chi connectivity index (χ1v) is 14.6. The standard InChI is InChI=1S/C33H32ClN3O3S/c1-23-20-26(21-31-32(38)36(18-7-19-39-3)33(41-31)35-28-8-5-4-6-9-28)24(2)37(23)29-14-16-30(17-15-29)40-22-25-10-12-27(34)13-11-25/h4-6,8-17,20-21H,7,18-19,22H2,1-3H3/b31-21-,35-33?. The van der Waals surface area contributed by atoms with E-state index >= 15 is 0 Å². The molecule has 1 amide bonds. The van der Waals surface area contributed by atoms with Crippen LogP contribution in [0.4, 0.5) is 5.69 Å². The highest BCUT2D eigenvalue weighted by Crippen LogP contribution is 2.35. The van der Waals surface area contributed by atoms with Crippen molar-refractivity contribution in [2.75, 3.05) is 20.3 Å². The number of hydrogen-bond acceptors (Lipinski definition) is 5. The Morgan fingerprint density at radius 3 is 2.41 bits per heavy atom. The highest BCUT2D eigenvalue weighted by molar-refractivity contribution is 8.18. The predicted octanol–water partition coefficient (Wildman–Crippen LogP) is 7.97. The largest absolute Gasteiger partial charge is 0.489 e. The summed E-state index contributed by atoms with van der Waals surface area (Å²) in [6.45, 7) is 5.75. The van der Waals surface area contributed by atoms with E-state index in [1.165, 1.54) is 11.8 Å². The average Bonchev–Trinajstić information content (AvgIpc) is 3.43. The van der Waals surface area contributed by atoms with Crippen molar-refractivity contribution >= 4 is 46.2 Å². The van der Waals surface area contributed by atoms with Crippen LogP contribution in [0.2, 0.25) is 5.02 Å². The van der Waals surface area contributed by atoms with Crippen LogP contribution in [0.3, 0.4) is 0 Å². The Balaban J connectivity index is 1.36. The Morgan fingerprint density at radius 1 is 0.976 bits per heavy atom. The Hall–Kier alpha value is -3.78. The van der Waals surface area contributed by atoms with Crippen LogP contribution < -0.4 is 4.74 Å². The highest BCUT2D eigenvalue weighted by Gasteiger charge is 2.33. The number of aryl methyl sites for hydroxylation is 1. The van der Waals surface area contributed by atoms with Gasteiger partial charge in [-0.15, -0.1) is 0 Å². The molecule has 1 saturated heterocycles. The third-order valence-corrected chi connectivity index (χ3v) is 8.03. The molecular weight excluding hydrogens is 554 g/mol. The number of halogens is 1. The van der Waals surface area contributed by atoms with Gasteiger partial charge in [-0.2, -0.15) is 0 Å². The van der Waals surface area contributed by atoms with E-state index < -0.39 is 0 Å². The summed E-state index contributed by atoms with van der Waals surface area (Å²) < 4.78 is 13.4. The molecule has 1 aromatic heterocycles. The number of nitrogens with zero attached hydrogens (tertiary/aromatic N) is 3. The van der Waals surface area contributed by atoms with Gasteiger partial charge in [-0.1, -0.05) is 41.9 Å². The number of amides is 1. The van der Waals surface area contributed by atoms with Gasteiger partial charge in [0, 0.05) is 42.4 Å². The Kier molecular flexibility index (Phi) is 9.29. The fraction of sp³-hybridized carbons (Fsp3) is 0.212. The van der Waals surface area contributed by atoms with Gasteiger partial charge in [0.2, 0.25) is 0 Å². The number of aromatic nitrogens is 1. The number of ether oxygens (including phenoxy) is 2. The summed E-state index contributed by atoms with van der Waals surface area (Å²) in [6.07, 6.45) is 2.71. The van der Waals surface area contributed by atoms with Crippen molar-refractivity contribution < 1.29 is 14.3 Å². The van der Waals surface area contributed by atoms with Crippen LogP contribution >= 0.6 is 23.4 Å². The number of carbonyl (C=O) groups is 1. The van der Waals surface area contributed by atoms with Crippen LogP contribution in [0.25, 0.3) is 11.8 Å². The molecule has 0 saturated carbocycles. The minimum absolute atomic E-state index is 0.0345. The molecule has 4 aromatic rings. The van der Waals surface area contributed by atoms with Crippen LogP contribution in [-0.4, -0.2) is 40.8 Å². The van der Waals surface area contributed by atoms with Gasteiger partial charge < -0.3 is 14.0 Å². The van der Waals surface area contributed by atoms with Crippen molar-refractivity contribution in [2.24, 2.45) is 4.99 Å². The maximum atomic E-state index is 13.5. The van der Waals surface area contributed by atoms with Crippen molar-refractivity contribution in [1.29, 1.82) is 0 Å². The SMILES string of the molecule is COCCCN1C(=O)/C(=C/c2cc(C)n(-c3ccc(OCc4ccc(Cl)cc4)cc3)c2C)SC1=Nc1ccccc1. The number of hydrogen-bond donors (Lipinski definition) is 0. The van der Waals surface area contributed by atoms with E-state index in [1.54, 1.807) is 12.0 Å². The lowest BCUT2D eigenvalue weighted by Gasteiger charge is -2.15. The molecule has 0 atom stereocenters. The summed E-state index contributed by atoms with van der Waals surface area (Å²) in [5.41, 5.74) is 6.04. The topological polar surface area (TPSA) is 56.1 Å². The van der Waals surface area contributed by atoms with Gasteiger partial charge in [0.05, 0.1) is 10.6 Å². The van der Waals surface area contributed by atoms with E-state index in [9.17, 15) is 4.79 Å². The van der Waals surface area contributed by atoms with Crippen molar-refractivity contribution in [3.8, 4) is 11.4 Å². The minimum atomic E-state index is -0.0345. The number of benzene rings is 3. The molecule has 1 aliphatic heterocycles. The Labute approximate surface area is 250 Å². The van der Waals surface area contributed by atoms with Crippen LogP contribution in [0.1, 0.15) is 28.9 Å². The van der Waals surface area contributed by atoms with E-state index in [0.717, 1.165) is 46.1 Å². The first-order chi connectivity index (χ1) is 19.9. The van der Waals surface area contributed by atoms with Crippen molar-refractivity contribution in [1.82, 2.24) is 9.47 Å². The summed E-state index contributed by atoms with van der Waals surface area (Å²) in [6, 6.07) is 27.5. The molecule has 2 heterocycles. The van der Waals surface area contributed by atoms with Crippen molar-refractivity contribution in [3.05, 3.63) is 117 Å². The summed E-state index contributed by atoms with van der Waals surface area (Å²) >= 11 is 7.39. The quantitative estimate of drug-likeness (QED) is 0.140. The molecule has 1 fully saturated rings. The third-order valence-electron chi connectivity index (χ3n) is 6.77. The van der Waals surface area contributed by atoms with Crippen molar-refractivity contribution in [2.45, 2.75) is 26.9 Å². The van der Waals surface area contributed by atoms with Gasteiger partial charge >= 0.3 is 0 Å². The van der Waals surface area contributed by atoms with E-state index in [-0.39, 0.29) is 5.91 Å². The second-order valence-corrected chi connectivity index (χ2v) is 11.2. The number of thioether (sulfide) groups is 1. The molecular formula is C33H32ClN3O3S. The number of rotatable bonds is 10. The lowest BCUT2D eigenvalue weighted by atomic mass is 10.2. The van der Waals surface area contributed by atoms with E-state index in [2.05, 4.69) is 24.5 Å². The summed E-state index contributed by atoms with van der Waals surface area (Å²) in [4.78, 5) is 20.7. The molecule has 0 unspecified atom stereocenters. The maximum Gasteiger partial charge on any atom is 0.266 e. The highest BCUT2D eigenvalue weighted by atomic mass is 35.5. The van der Waals surface area contributed by atoms with E-state index in [4.69, 9.17) is 26.1 Å². The molecule has 1 aliphatic rings. The zero-order valence-electron chi connectivity index (χ0n) is 23.3. The summed E-state index contributed by atoms with van der Waals surface area (Å²) in [5.74, 6) is 0.757. The lowest BCUT2D eigenvalue weighted by Crippen LogP contribution is -2.30. The molecule has 3 aromatic carbocycles. The molecule has 41 heavy (non-hydrogen) atoms. The molecule has 0 aliphatic carbocycles. The Bertz CT molecular complexity index is 1560. The zero-order chi connectivity index (χ0) is 28.8. The zero-order valence-corrected chi connectivity index (χ0v) is 24.9. The van der Waals surface area contributed by atoms with Gasteiger partial charge in [0.15, 0.2) is 5.17 Å². The molecule has 0 spiro atoms. The van der Waals surface area contributed by atoms with Gasteiger partial charge in [-0.25, -0.2) is 4.99 Å². The fourth-order valence-corrected chi connectivity index (χ4v) is 5.82. The van der Waals surface area contributed by atoms with Crippen LogP contribution in [0.15, 0.2) is 94.8 Å². The average molecular weight is 586 g/mol. The summed E-state index contributed by atoms with van der Waals surface area (Å²) in [7, 11) is 1.67. The normalized spacial score (nSPS) is 15.3. The van der Waals surface area contributed by atoms with Crippen LogP contribution in [-0.2, 0) is 16.1 Å². The molecule has 5 rings (SSSR count). The minimum Gasteiger partial charge on any atom is -0.489 e. The van der Waals surface area contributed by atoms with Crippen LogP contribution in [0, 0.1) is 13.8 Å². The van der Waals surface area contributed by atoms with Gasteiger partial charge in [0.1, 0.15) is 12.4 Å². The monoisotopic (exact) mass is 585 g/mol. The van der Waals surface area contributed by atoms with Gasteiger partial charge in [-0.05, 0) is 104 Å². The number of carbonyl (C=O) groups excluding carboxylic acids is 1. The van der Waals surface area contributed by atoms with Gasteiger partial charge in [-0.3, -0.25) is 9.69 Å². The number of methoxy groups -OCH3 is 1.